The number of aromatic nitrogens is 4. The molecule has 4 rings (SSSR count). The Balaban J connectivity index is 1.92. The largest absolute Gasteiger partial charge is 0.369 e. The van der Waals surface area contributed by atoms with E-state index in [1.54, 1.807) is 4.57 Å². The van der Waals surface area contributed by atoms with Crippen LogP contribution in [0.5, 0.6) is 0 Å². The predicted octanol–water partition coefficient (Wildman–Crippen LogP) is 2.32. The van der Waals surface area contributed by atoms with E-state index < -0.39 is 0 Å². The number of anilines is 1. The number of hydrogen-bond donors (Lipinski definition) is 1. The van der Waals surface area contributed by atoms with Gasteiger partial charge in [0.15, 0.2) is 0 Å². The fourth-order valence-electron chi connectivity index (χ4n) is 3.23. The van der Waals surface area contributed by atoms with Crippen molar-refractivity contribution in [3.63, 3.8) is 0 Å². The van der Waals surface area contributed by atoms with E-state index in [1.165, 1.54) is 23.0 Å². The van der Waals surface area contributed by atoms with E-state index in [0.29, 0.717) is 22.7 Å². The predicted molar refractivity (Wildman–Crippen MR) is 105 cm³/mol. The molecule has 0 aliphatic heterocycles. The van der Waals surface area contributed by atoms with Gasteiger partial charge in [-0.1, -0.05) is 12.1 Å². The van der Waals surface area contributed by atoms with Crippen LogP contribution in [0.3, 0.4) is 0 Å². The summed E-state index contributed by atoms with van der Waals surface area (Å²) >= 11 is 1.45. The van der Waals surface area contributed by atoms with Crippen molar-refractivity contribution >= 4 is 38.5 Å². The lowest BCUT2D eigenvalue weighted by atomic mass is 10.3. The molecule has 0 unspecified atom stereocenters. The minimum Gasteiger partial charge on any atom is -0.369 e. The molecule has 0 saturated heterocycles. The van der Waals surface area contributed by atoms with E-state index in [9.17, 15) is 9.59 Å². The van der Waals surface area contributed by atoms with Gasteiger partial charge in [-0.3, -0.25) is 13.9 Å². The van der Waals surface area contributed by atoms with Gasteiger partial charge in [0.1, 0.15) is 4.83 Å². The van der Waals surface area contributed by atoms with E-state index in [1.807, 2.05) is 48.7 Å². The number of benzene rings is 1. The molecule has 7 nitrogen and oxygen atoms in total. The van der Waals surface area contributed by atoms with Gasteiger partial charge in [0.2, 0.25) is 5.95 Å². The van der Waals surface area contributed by atoms with Crippen LogP contribution in [0.25, 0.3) is 21.3 Å². The molecule has 0 bridgehead atoms. The van der Waals surface area contributed by atoms with E-state index in [2.05, 4.69) is 4.98 Å². The molecule has 0 atom stereocenters. The average molecular weight is 369 g/mol. The van der Waals surface area contributed by atoms with Crippen molar-refractivity contribution in [3.8, 4) is 0 Å². The van der Waals surface area contributed by atoms with Crippen LogP contribution in [0, 0.1) is 0 Å². The van der Waals surface area contributed by atoms with Gasteiger partial charge in [0, 0.05) is 18.0 Å². The second-order valence-corrected chi connectivity index (χ2v) is 7.70. The Kier molecular flexibility index (Phi) is 3.73. The number of nitrogens with two attached hydrogens (primary N) is 1. The smallest absolute Gasteiger partial charge is 0.332 e. The van der Waals surface area contributed by atoms with Crippen molar-refractivity contribution in [1.82, 2.24) is 18.7 Å². The summed E-state index contributed by atoms with van der Waals surface area (Å²) in [6.45, 7) is 4.37. The van der Waals surface area contributed by atoms with Crippen molar-refractivity contribution in [2.45, 2.75) is 26.4 Å². The van der Waals surface area contributed by atoms with Crippen LogP contribution in [0.15, 0.2) is 39.9 Å². The zero-order chi connectivity index (χ0) is 18.6. The zero-order valence-corrected chi connectivity index (χ0v) is 15.6. The number of nitrogen functional groups attached to an aromatic ring is 1. The van der Waals surface area contributed by atoms with Gasteiger partial charge in [0.25, 0.3) is 5.56 Å². The standard InChI is InChI=1S/C18H19N5O2S/c1-10(2)23-16-12(15(24)21(3)18(23)25)8-11(26-16)9-22-14-7-5-4-6-13(14)20-17(22)19/h4-8,10H,9H2,1-3H3,(H2,19,20). The van der Waals surface area contributed by atoms with Gasteiger partial charge in [0.05, 0.1) is 23.0 Å². The Hall–Kier alpha value is -2.87. The van der Waals surface area contributed by atoms with Gasteiger partial charge in [-0.05, 0) is 32.0 Å². The molecule has 134 valence electrons. The Morgan fingerprint density at radius 1 is 1.23 bits per heavy atom. The Morgan fingerprint density at radius 3 is 2.69 bits per heavy atom. The lowest BCUT2D eigenvalue weighted by Gasteiger charge is -2.12. The van der Waals surface area contributed by atoms with E-state index >= 15 is 0 Å². The van der Waals surface area contributed by atoms with Crippen LogP contribution in [-0.4, -0.2) is 18.7 Å². The molecule has 2 N–H and O–H groups in total. The molecular formula is C18H19N5O2S. The van der Waals surface area contributed by atoms with Gasteiger partial charge in [-0.15, -0.1) is 11.3 Å². The first-order valence-electron chi connectivity index (χ1n) is 8.33. The number of imidazole rings is 1. The van der Waals surface area contributed by atoms with E-state index in [0.717, 1.165) is 15.9 Å². The van der Waals surface area contributed by atoms with Crippen molar-refractivity contribution in [1.29, 1.82) is 0 Å². The summed E-state index contributed by atoms with van der Waals surface area (Å²) in [4.78, 5) is 31.1. The van der Waals surface area contributed by atoms with Crippen LogP contribution in [0.2, 0.25) is 0 Å². The molecule has 26 heavy (non-hydrogen) atoms. The normalized spacial score (nSPS) is 11.8. The van der Waals surface area contributed by atoms with Gasteiger partial charge >= 0.3 is 5.69 Å². The van der Waals surface area contributed by atoms with Gasteiger partial charge in [-0.2, -0.15) is 0 Å². The molecule has 0 aliphatic carbocycles. The Morgan fingerprint density at radius 2 is 1.96 bits per heavy atom. The highest BCUT2D eigenvalue weighted by Crippen LogP contribution is 2.27. The maximum absolute atomic E-state index is 12.5. The van der Waals surface area contributed by atoms with Crippen LogP contribution in [0.1, 0.15) is 24.8 Å². The number of hydrogen-bond acceptors (Lipinski definition) is 5. The maximum Gasteiger partial charge on any atom is 0.332 e. The SMILES string of the molecule is CC(C)n1c(=O)n(C)c(=O)c2cc(Cn3c(N)nc4ccccc43)sc21. The number of thiophene rings is 1. The fourth-order valence-corrected chi connectivity index (χ4v) is 4.49. The van der Waals surface area contributed by atoms with E-state index in [4.69, 9.17) is 5.73 Å². The molecule has 0 aliphatic rings. The summed E-state index contributed by atoms with van der Waals surface area (Å²) in [5.41, 5.74) is 7.30. The third-order valence-electron chi connectivity index (χ3n) is 4.52. The third-order valence-corrected chi connectivity index (χ3v) is 5.64. The summed E-state index contributed by atoms with van der Waals surface area (Å²) in [5.74, 6) is 0.429. The first-order valence-corrected chi connectivity index (χ1v) is 9.15. The summed E-state index contributed by atoms with van der Waals surface area (Å²) in [6.07, 6.45) is 0. The molecule has 0 spiro atoms. The highest BCUT2D eigenvalue weighted by atomic mass is 32.1. The fraction of sp³-hybridized carbons (Fsp3) is 0.278. The van der Waals surface area contributed by atoms with Crippen molar-refractivity contribution in [3.05, 3.63) is 56.0 Å². The summed E-state index contributed by atoms with van der Waals surface area (Å²) < 4.78 is 4.75. The zero-order valence-electron chi connectivity index (χ0n) is 14.8. The minimum atomic E-state index is -0.293. The maximum atomic E-state index is 12.5. The number of fused-ring (bicyclic) bond motifs is 2. The van der Waals surface area contributed by atoms with Crippen LogP contribution in [0.4, 0.5) is 5.95 Å². The molecule has 3 heterocycles. The molecule has 0 fully saturated rings. The van der Waals surface area contributed by atoms with Gasteiger partial charge in [-0.25, -0.2) is 9.78 Å². The lowest BCUT2D eigenvalue weighted by Crippen LogP contribution is -2.38. The van der Waals surface area contributed by atoms with Crippen LogP contribution in [-0.2, 0) is 13.6 Å². The Labute approximate surface area is 152 Å². The monoisotopic (exact) mass is 369 g/mol. The molecule has 4 aromatic rings. The lowest BCUT2D eigenvalue weighted by molar-refractivity contribution is 0.559. The first-order chi connectivity index (χ1) is 12.4. The van der Waals surface area contributed by atoms with Crippen LogP contribution >= 0.6 is 11.3 Å². The highest BCUT2D eigenvalue weighted by Gasteiger charge is 2.17. The molecule has 0 saturated carbocycles. The molecule has 0 amide bonds. The van der Waals surface area contributed by atoms with Crippen molar-refractivity contribution < 1.29 is 0 Å². The highest BCUT2D eigenvalue weighted by molar-refractivity contribution is 7.18. The first kappa shape index (κ1) is 16.6. The third kappa shape index (κ3) is 2.37. The van der Waals surface area contributed by atoms with Crippen molar-refractivity contribution in [2.75, 3.05) is 5.73 Å². The van der Waals surface area contributed by atoms with E-state index in [-0.39, 0.29) is 17.3 Å². The molecular weight excluding hydrogens is 350 g/mol. The number of rotatable bonds is 3. The second kappa shape index (κ2) is 5.84. The summed E-state index contributed by atoms with van der Waals surface area (Å²) in [7, 11) is 1.52. The number of para-hydroxylation sites is 2. The van der Waals surface area contributed by atoms with Gasteiger partial charge < -0.3 is 10.3 Å². The second-order valence-electron chi connectivity index (χ2n) is 6.59. The summed E-state index contributed by atoms with van der Waals surface area (Å²) in [6, 6.07) is 9.56. The topological polar surface area (TPSA) is 87.8 Å². The Bertz CT molecular complexity index is 1260. The molecule has 8 heteroatoms. The van der Waals surface area contributed by atoms with Crippen molar-refractivity contribution in [2.24, 2.45) is 7.05 Å². The van der Waals surface area contributed by atoms with Crippen LogP contribution < -0.4 is 17.0 Å². The minimum absolute atomic E-state index is 0.0394. The molecule has 3 aromatic heterocycles. The molecule has 0 radical (unpaired) electrons. The quantitative estimate of drug-likeness (QED) is 0.600. The average Bonchev–Trinajstić information content (AvgIpc) is 3.15. The molecule has 1 aromatic carbocycles. The summed E-state index contributed by atoms with van der Waals surface area (Å²) in [5, 5.41) is 0.559. The number of nitrogens with zero attached hydrogens (tertiary/aromatic N) is 4.